The van der Waals surface area contributed by atoms with Crippen molar-refractivity contribution in [3.05, 3.63) is 35.4 Å². The maximum absolute atomic E-state index is 10.9. The van der Waals surface area contributed by atoms with Crippen LogP contribution in [0, 0.1) is 11.8 Å². The molecule has 2 saturated heterocycles. The average Bonchev–Trinajstić information content (AvgIpc) is 2.63. The third-order valence-electron chi connectivity index (χ3n) is 5.45. The first-order valence-corrected chi connectivity index (χ1v) is 8.95. The number of carboxylic acid groups (broad SMARTS) is 1. The lowest BCUT2D eigenvalue weighted by atomic mass is 9.81. The second-order valence-corrected chi connectivity index (χ2v) is 7.05. The van der Waals surface area contributed by atoms with Gasteiger partial charge in [-0.3, -0.25) is 0 Å². The maximum atomic E-state index is 10.9. The molecule has 2 unspecified atom stereocenters. The fourth-order valence-corrected chi connectivity index (χ4v) is 4.03. The number of aromatic carboxylic acids is 1. The molecule has 0 bridgehead atoms. The predicted octanol–water partition coefficient (Wildman–Crippen LogP) is 2.56. The van der Waals surface area contributed by atoms with Gasteiger partial charge in [0.2, 0.25) is 0 Å². The zero-order valence-electron chi connectivity index (χ0n) is 14.1. The first kappa shape index (κ1) is 17.4. The van der Waals surface area contributed by atoms with Gasteiger partial charge in [-0.15, -0.1) is 0 Å². The number of β-amino-alcohol motifs (C(OH)–C–C–N with tert-alkyl or cyclic N) is 1. The minimum Gasteiger partial charge on any atom is -0.478 e. The molecule has 0 spiro atoms. The normalized spacial score (nSPS) is 24.6. The summed E-state index contributed by atoms with van der Waals surface area (Å²) >= 11 is 0. The smallest absolute Gasteiger partial charge is 0.335 e. The number of rotatable bonds is 5. The maximum Gasteiger partial charge on any atom is 0.335 e. The molecular formula is C19H27NO4. The summed E-state index contributed by atoms with van der Waals surface area (Å²) in [7, 11) is 0. The standard InChI is InChI=1S/C19H27NO4/c21-18(15-3-5-16(6-4-15)19(22)23)13-20-9-1-2-17(12-20)14-7-10-24-11-8-14/h3-6,14,17-18,21H,1-2,7-13H2,(H,22,23). The van der Waals surface area contributed by atoms with E-state index in [4.69, 9.17) is 9.84 Å². The fraction of sp³-hybridized carbons (Fsp3) is 0.632. The number of likely N-dealkylation sites (tertiary alicyclic amines) is 1. The summed E-state index contributed by atoms with van der Waals surface area (Å²) in [5.74, 6) is 0.532. The number of ether oxygens (including phenoxy) is 1. The molecule has 24 heavy (non-hydrogen) atoms. The van der Waals surface area contributed by atoms with E-state index in [1.165, 1.54) is 12.8 Å². The zero-order valence-corrected chi connectivity index (χ0v) is 14.1. The van der Waals surface area contributed by atoms with Gasteiger partial charge in [-0.25, -0.2) is 4.79 Å². The lowest BCUT2D eigenvalue weighted by Gasteiger charge is -2.39. The van der Waals surface area contributed by atoms with Crippen LogP contribution in [-0.2, 0) is 4.74 Å². The summed E-state index contributed by atoms with van der Waals surface area (Å²) in [6, 6.07) is 6.55. The molecule has 1 aromatic rings. The molecule has 0 aromatic heterocycles. The number of aliphatic hydroxyl groups excluding tert-OH is 1. The Bertz CT molecular complexity index is 539. The summed E-state index contributed by atoms with van der Waals surface area (Å²) in [4.78, 5) is 13.3. The van der Waals surface area contributed by atoms with Crippen molar-refractivity contribution in [1.82, 2.24) is 4.90 Å². The number of nitrogens with zero attached hydrogens (tertiary/aromatic N) is 1. The number of carboxylic acids is 1. The highest BCUT2D eigenvalue weighted by Crippen LogP contribution is 2.31. The first-order chi connectivity index (χ1) is 11.6. The van der Waals surface area contributed by atoms with Crippen LogP contribution in [0.2, 0.25) is 0 Å². The van der Waals surface area contributed by atoms with E-state index in [1.54, 1.807) is 24.3 Å². The van der Waals surface area contributed by atoms with E-state index in [1.807, 2.05) is 0 Å². The molecule has 5 heteroatoms. The predicted molar refractivity (Wildman–Crippen MR) is 91.1 cm³/mol. The van der Waals surface area contributed by atoms with Gasteiger partial charge in [0.1, 0.15) is 0 Å². The zero-order chi connectivity index (χ0) is 16.9. The Balaban J connectivity index is 1.55. The molecule has 1 aromatic carbocycles. The Kier molecular flexibility index (Phi) is 5.87. The summed E-state index contributed by atoms with van der Waals surface area (Å²) < 4.78 is 5.47. The summed E-state index contributed by atoms with van der Waals surface area (Å²) in [5, 5.41) is 19.4. The van der Waals surface area contributed by atoms with Crippen molar-refractivity contribution >= 4 is 5.97 Å². The number of hydrogen-bond acceptors (Lipinski definition) is 4. The van der Waals surface area contributed by atoms with E-state index in [2.05, 4.69) is 4.90 Å². The Morgan fingerprint density at radius 3 is 2.54 bits per heavy atom. The quantitative estimate of drug-likeness (QED) is 0.867. The van der Waals surface area contributed by atoms with E-state index in [-0.39, 0.29) is 5.56 Å². The summed E-state index contributed by atoms with van der Waals surface area (Å²) in [5.41, 5.74) is 1.04. The molecule has 2 fully saturated rings. The molecule has 0 radical (unpaired) electrons. The summed E-state index contributed by atoms with van der Waals surface area (Å²) in [6.45, 7) is 4.48. The van der Waals surface area contributed by atoms with E-state index in [0.717, 1.165) is 50.6 Å². The Hall–Kier alpha value is -1.43. The molecule has 0 aliphatic carbocycles. The topological polar surface area (TPSA) is 70.0 Å². The summed E-state index contributed by atoms with van der Waals surface area (Å²) in [6.07, 6.45) is 4.23. The highest BCUT2D eigenvalue weighted by molar-refractivity contribution is 5.87. The number of aliphatic hydroxyl groups is 1. The Morgan fingerprint density at radius 1 is 1.17 bits per heavy atom. The van der Waals surface area contributed by atoms with Crippen molar-refractivity contribution in [2.45, 2.75) is 31.8 Å². The molecule has 0 amide bonds. The van der Waals surface area contributed by atoms with Crippen molar-refractivity contribution < 1.29 is 19.7 Å². The van der Waals surface area contributed by atoms with Gasteiger partial charge in [-0.05, 0) is 61.8 Å². The van der Waals surface area contributed by atoms with Gasteiger partial charge < -0.3 is 19.8 Å². The molecule has 3 rings (SSSR count). The average molecular weight is 333 g/mol. The van der Waals surface area contributed by atoms with Crippen LogP contribution in [0.3, 0.4) is 0 Å². The molecule has 2 aliphatic heterocycles. The van der Waals surface area contributed by atoms with Gasteiger partial charge in [-0.1, -0.05) is 12.1 Å². The molecule has 2 aliphatic rings. The van der Waals surface area contributed by atoms with E-state index >= 15 is 0 Å². The van der Waals surface area contributed by atoms with E-state index in [9.17, 15) is 9.90 Å². The third-order valence-corrected chi connectivity index (χ3v) is 5.45. The first-order valence-electron chi connectivity index (χ1n) is 8.95. The second kappa shape index (κ2) is 8.10. The minimum absolute atomic E-state index is 0.253. The van der Waals surface area contributed by atoms with Gasteiger partial charge in [0, 0.05) is 26.3 Å². The van der Waals surface area contributed by atoms with Gasteiger partial charge in [0.15, 0.2) is 0 Å². The van der Waals surface area contributed by atoms with Crippen LogP contribution in [0.4, 0.5) is 0 Å². The molecular weight excluding hydrogens is 306 g/mol. The number of benzene rings is 1. The van der Waals surface area contributed by atoms with Crippen LogP contribution >= 0.6 is 0 Å². The van der Waals surface area contributed by atoms with Crippen molar-refractivity contribution in [2.24, 2.45) is 11.8 Å². The van der Waals surface area contributed by atoms with Crippen LogP contribution < -0.4 is 0 Å². The number of carbonyl (C=O) groups is 1. The van der Waals surface area contributed by atoms with Gasteiger partial charge >= 0.3 is 5.97 Å². The monoisotopic (exact) mass is 333 g/mol. The van der Waals surface area contributed by atoms with Crippen LogP contribution in [0.15, 0.2) is 24.3 Å². The Labute approximate surface area is 143 Å². The molecule has 2 heterocycles. The van der Waals surface area contributed by atoms with Crippen molar-refractivity contribution in [3.8, 4) is 0 Å². The fourth-order valence-electron chi connectivity index (χ4n) is 4.03. The lowest BCUT2D eigenvalue weighted by Crippen LogP contribution is -2.41. The van der Waals surface area contributed by atoms with E-state index in [0.29, 0.717) is 12.5 Å². The molecule has 2 atom stereocenters. The van der Waals surface area contributed by atoms with Gasteiger partial charge in [0.05, 0.1) is 11.7 Å². The van der Waals surface area contributed by atoms with Crippen LogP contribution in [0.5, 0.6) is 0 Å². The number of piperidine rings is 1. The third kappa shape index (κ3) is 4.35. The highest BCUT2D eigenvalue weighted by Gasteiger charge is 2.29. The minimum atomic E-state index is -0.939. The van der Waals surface area contributed by atoms with Crippen LogP contribution in [0.25, 0.3) is 0 Å². The van der Waals surface area contributed by atoms with Crippen molar-refractivity contribution in [1.29, 1.82) is 0 Å². The van der Waals surface area contributed by atoms with Crippen LogP contribution in [0.1, 0.15) is 47.7 Å². The van der Waals surface area contributed by atoms with Crippen molar-refractivity contribution in [2.75, 3.05) is 32.8 Å². The molecule has 0 saturated carbocycles. The molecule has 2 N–H and O–H groups in total. The van der Waals surface area contributed by atoms with Crippen LogP contribution in [-0.4, -0.2) is 53.9 Å². The lowest BCUT2D eigenvalue weighted by molar-refractivity contribution is 0.0172. The Morgan fingerprint density at radius 2 is 1.88 bits per heavy atom. The molecule has 5 nitrogen and oxygen atoms in total. The van der Waals surface area contributed by atoms with Gasteiger partial charge in [-0.2, -0.15) is 0 Å². The van der Waals surface area contributed by atoms with Crippen molar-refractivity contribution in [3.63, 3.8) is 0 Å². The van der Waals surface area contributed by atoms with Gasteiger partial charge in [0.25, 0.3) is 0 Å². The molecule has 132 valence electrons. The van der Waals surface area contributed by atoms with E-state index < -0.39 is 12.1 Å². The second-order valence-electron chi connectivity index (χ2n) is 7.05. The highest BCUT2D eigenvalue weighted by atomic mass is 16.5. The number of hydrogen-bond donors (Lipinski definition) is 2. The largest absolute Gasteiger partial charge is 0.478 e. The SMILES string of the molecule is O=C(O)c1ccc(C(O)CN2CCCC(C3CCOCC3)C2)cc1.